The number of carboxylic acid groups (broad SMARTS) is 1. The summed E-state index contributed by atoms with van der Waals surface area (Å²) < 4.78 is 0. The number of aliphatic carboxylic acids is 1. The van der Waals surface area contributed by atoms with Crippen molar-refractivity contribution in [2.24, 2.45) is 0 Å². The van der Waals surface area contributed by atoms with E-state index in [1.54, 1.807) is 18.5 Å². The zero-order valence-corrected chi connectivity index (χ0v) is 9.67. The number of carboxylic acids is 1. The Morgan fingerprint density at radius 1 is 1.39 bits per heavy atom. The molecule has 0 bridgehead atoms. The summed E-state index contributed by atoms with van der Waals surface area (Å²) >= 11 is 0. The summed E-state index contributed by atoms with van der Waals surface area (Å²) in [6.07, 6.45) is 1.78. The standard InChI is InChI=1S/C11H15N3O4/c15-9(10(16)17)3-5-13-11(18)14-7-8-2-1-4-12-6-8/h1-2,4,6,9,15H,3,5,7H2,(H,16,17)(H2,13,14,18). The molecular weight excluding hydrogens is 238 g/mol. The van der Waals surface area contributed by atoms with Gasteiger partial charge in [0.05, 0.1) is 0 Å². The van der Waals surface area contributed by atoms with Gasteiger partial charge in [-0.15, -0.1) is 0 Å². The maximum Gasteiger partial charge on any atom is 0.332 e. The minimum Gasteiger partial charge on any atom is -0.479 e. The topological polar surface area (TPSA) is 112 Å². The fourth-order valence-corrected chi connectivity index (χ4v) is 1.19. The first-order chi connectivity index (χ1) is 8.59. The van der Waals surface area contributed by atoms with E-state index in [4.69, 9.17) is 10.2 Å². The highest BCUT2D eigenvalue weighted by Crippen LogP contribution is 1.94. The van der Waals surface area contributed by atoms with E-state index in [-0.39, 0.29) is 13.0 Å². The number of nitrogens with one attached hydrogen (secondary N) is 2. The van der Waals surface area contributed by atoms with E-state index in [0.717, 1.165) is 5.56 Å². The Kier molecular flexibility index (Phi) is 5.59. The van der Waals surface area contributed by atoms with Gasteiger partial charge in [-0.25, -0.2) is 9.59 Å². The second-order valence-corrected chi connectivity index (χ2v) is 3.61. The Morgan fingerprint density at radius 3 is 2.78 bits per heavy atom. The Hall–Kier alpha value is -2.15. The minimum absolute atomic E-state index is 0.0321. The molecule has 7 heteroatoms. The molecule has 98 valence electrons. The first-order valence-corrected chi connectivity index (χ1v) is 5.41. The van der Waals surface area contributed by atoms with Crippen LogP contribution in [0.3, 0.4) is 0 Å². The zero-order chi connectivity index (χ0) is 13.4. The van der Waals surface area contributed by atoms with Gasteiger partial charge in [0, 0.05) is 31.9 Å². The van der Waals surface area contributed by atoms with Crippen LogP contribution < -0.4 is 10.6 Å². The average molecular weight is 253 g/mol. The summed E-state index contributed by atoms with van der Waals surface area (Å²) in [5.74, 6) is -1.30. The van der Waals surface area contributed by atoms with Crippen molar-refractivity contribution in [2.75, 3.05) is 6.54 Å². The van der Waals surface area contributed by atoms with E-state index in [1.165, 1.54) is 0 Å². The van der Waals surface area contributed by atoms with Crippen molar-refractivity contribution in [3.05, 3.63) is 30.1 Å². The molecule has 7 nitrogen and oxygen atoms in total. The molecule has 1 atom stereocenters. The molecule has 1 aromatic heterocycles. The van der Waals surface area contributed by atoms with Crippen molar-refractivity contribution in [1.29, 1.82) is 0 Å². The maximum atomic E-state index is 11.3. The quantitative estimate of drug-likeness (QED) is 0.557. The van der Waals surface area contributed by atoms with Gasteiger partial charge in [-0.3, -0.25) is 4.98 Å². The lowest BCUT2D eigenvalue weighted by Gasteiger charge is -2.08. The third kappa shape index (κ3) is 5.26. The van der Waals surface area contributed by atoms with Crippen molar-refractivity contribution in [2.45, 2.75) is 19.1 Å². The monoisotopic (exact) mass is 253 g/mol. The molecule has 1 heterocycles. The molecule has 1 unspecified atom stereocenters. The van der Waals surface area contributed by atoms with Crippen LogP contribution in [-0.4, -0.2) is 39.8 Å². The highest BCUT2D eigenvalue weighted by molar-refractivity contribution is 5.74. The lowest BCUT2D eigenvalue weighted by molar-refractivity contribution is -0.146. The number of hydrogen-bond donors (Lipinski definition) is 4. The van der Waals surface area contributed by atoms with Crippen LogP contribution in [0.4, 0.5) is 4.79 Å². The van der Waals surface area contributed by atoms with E-state index in [2.05, 4.69) is 15.6 Å². The van der Waals surface area contributed by atoms with Crippen LogP contribution in [0.25, 0.3) is 0 Å². The first kappa shape index (κ1) is 13.9. The smallest absolute Gasteiger partial charge is 0.332 e. The third-order valence-corrected chi connectivity index (χ3v) is 2.16. The molecule has 0 aliphatic carbocycles. The van der Waals surface area contributed by atoms with Crippen molar-refractivity contribution in [1.82, 2.24) is 15.6 Å². The van der Waals surface area contributed by atoms with Gasteiger partial charge in [0.2, 0.25) is 0 Å². The molecule has 18 heavy (non-hydrogen) atoms. The third-order valence-electron chi connectivity index (χ3n) is 2.16. The molecule has 0 fully saturated rings. The SMILES string of the molecule is O=C(NCCC(O)C(=O)O)NCc1cccnc1. The number of aromatic nitrogens is 1. The second kappa shape index (κ2) is 7.23. The number of aliphatic hydroxyl groups excluding tert-OH is 1. The largest absolute Gasteiger partial charge is 0.479 e. The van der Waals surface area contributed by atoms with Gasteiger partial charge in [0.25, 0.3) is 0 Å². The summed E-state index contributed by atoms with van der Waals surface area (Å²) in [5, 5.41) is 22.4. The number of amides is 2. The highest BCUT2D eigenvalue weighted by Gasteiger charge is 2.12. The molecule has 1 aromatic rings. The summed E-state index contributed by atoms with van der Waals surface area (Å²) in [7, 11) is 0. The van der Waals surface area contributed by atoms with Crippen molar-refractivity contribution < 1.29 is 19.8 Å². The van der Waals surface area contributed by atoms with E-state index >= 15 is 0 Å². The molecule has 0 saturated carbocycles. The number of rotatable bonds is 6. The van der Waals surface area contributed by atoms with Crippen LogP contribution in [-0.2, 0) is 11.3 Å². The van der Waals surface area contributed by atoms with E-state index in [0.29, 0.717) is 6.54 Å². The van der Waals surface area contributed by atoms with Crippen LogP contribution in [0.5, 0.6) is 0 Å². The Balaban J connectivity index is 2.17. The molecule has 0 saturated heterocycles. The summed E-state index contributed by atoms with van der Waals surface area (Å²) in [4.78, 5) is 25.5. The number of urea groups is 1. The minimum atomic E-state index is -1.45. The number of pyridine rings is 1. The number of carbonyl (C=O) groups is 2. The van der Waals surface area contributed by atoms with Crippen LogP contribution in [0, 0.1) is 0 Å². The van der Waals surface area contributed by atoms with Gasteiger partial charge in [-0.1, -0.05) is 6.07 Å². The average Bonchev–Trinajstić information content (AvgIpc) is 2.37. The number of carbonyl (C=O) groups excluding carboxylic acids is 1. The number of nitrogens with zero attached hydrogens (tertiary/aromatic N) is 1. The van der Waals surface area contributed by atoms with E-state index < -0.39 is 18.1 Å². The van der Waals surface area contributed by atoms with Gasteiger partial charge in [0.1, 0.15) is 0 Å². The summed E-state index contributed by atoms with van der Waals surface area (Å²) in [5.41, 5.74) is 0.859. The molecule has 1 rings (SSSR count). The first-order valence-electron chi connectivity index (χ1n) is 5.41. The normalized spacial score (nSPS) is 11.6. The van der Waals surface area contributed by atoms with Crippen molar-refractivity contribution in [3.8, 4) is 0 Å². The Bertz CT molecular complexity index is 397. The predicted octanol–water partition coefficient (Wildman–Crippen LogP) is -0.284. The van der Waals surface area contributed by atoms with Gasteiger partial charge < -0.3 is 20.8 Å². The van der Waals surface area contributed by atoms with E-state index in [1.807, 2.05) is 6.07 Å². The fourth-order valence-electron chi connectivity index (χ4n) is 1.19. The van der Waals surface area contributed by atoms with Crippen molar-refractivity contribution >= 4 is 12.0 Å². The zero-order valence-electron chi connectivity index (χ0n) is 9.67. The Morgan fingerprint density at radius 2 is 2.17 bits per heavy atom. The molecule has 2 amide bonds. The summed E-state index contributed by atoms with van der Waals surface area (Å²) in [6.45, 7) is 0.424. The number of hydrogen-bond acceptors (Lipinski definition) is 4. The van der Waals surface area contributed by atoms with Gasteiger partial charge >= 0.3 is 12.0 Å². The van der Waals surface area contributed by atoms with Gasteiger partial charge in [-0.2, -0.15) is 0 Å². The van der Waals surface area contributed by atoms with Crippen LogP contribution in [0.2, 0.25) is 0 Å². The maximum absolute atomic E-state index is 11.3. The van der Waals surface area contributed by atoms with Crippen molar-refractivity contribution in [3.63, 3.8) is 0 Å². The molecule has 0 aliphatic heterocycles. The molecule has 0 aromatic carbocycles. The Labute approximate surface area is 104 Å². The summed E-state index contributed by atoms with van der Waals surface area (Å²) in [6, 6.07) is 3.16. The number of aliphatic hydroxyl groups is 1. The van der Waals surface area contributed by atoms with Crippen LogP contribution >= 0.6 is 0 Å². The fraction of sp³-hybridized carbons (Fsp3) is 0.364. The lowest BCUT2D eigenvalue weighted by Crippen LogP contribution is -2.37. The van der Waals surface area contributed by atoms with Gasteiger partial charge in [0.15, 0.2) is 6.10 Å². The molecule has 0 spiro atoms. The molecule has 4 N–H and O–H groups in total. The predicted molar refractivity (Wildman–Crippen MR) is 62.7 cm³/mol. The van der Waals surface area contributed by atoms with Crippen LogP contribution in [0.1, 0.15) is 12.0 Å². The lowest BCUT2D eigenvalue weighted by atomic mass is 10.2. The van der Waals surface area contributed by atoms with Crippen LogP contribution in [0.15, 0.2) is 24.5 Å². The molecule has 0 aliphatic rings. The second-order valence-electron chi connectivity index (χ2n) is 3.61. The van der Waals surface area contributed by atoms with E-state index in [9.17, 15) is 9.59 Å². The highest BCUT2D eigenvalue weighted by atomic mass is 16.4. The molecular formula is C11H15N3O4. The van der Waals surface area contributed by atoms with Gasteiger partial charge in [-0.05, 0) is 11.6 Å². The molecule has 0 radical (unpaired) electrons.